The van der Waals surface area contributed by atoms with E-state index < -0.39 is 0 Å². The maximum absolute atomic E-state index is 3.72. The van der Waals surface area contributed by atoms with Gasteiger partial charge in [0.05, 0.1) is 0 Å². The van der Waals surface area contributed by atoms with Gasteiger partial charge in [0.25, 0.3) is 0 Å². The van der Waals surface area contributed by atoms with Crippen molar-refractivity contribution in [3.63, 3.8) is 0 Å². The summed E-state index contributed by atoms with van der Waals surface area (Å²) in [5.74, 6) is 0.255. The number of benzene rings is 6. The van der Waals surface area contributed by atoms with Crippen LogP contribution in [0.25, 0.3) is 49.9 Å². The molecule has 0 bridgehead atoms. The van der Waals surface area contributed by atoms with Crippen LogP contribution >= 0.6 is 0 Å². The molecule has 44 heavy (non-hydrogen) atoms. The van der Waals surface area contributed by atoms with Gasteiger partial charge in [-0.1, -0.05) is 123 Å². The van der Waals surface area contributed by atoms with Crippen molar-refractivity contribution < 1.29 is 51.0 Å². The largest absolute Gasteiger partial charge is 3.00 e. The van der Waals surface area contributed by atoms with Crippen LogP contribution in [0.3, 0.4) is 0 Å². The summed E-state index contributed by atoms with van der Waals surface area (Å²) in [7, 11) is 1.08. The average Bonchev–Trinajstić information content (AvgIpc) is 3.59. The van der Waals surface area contributed by atoms with Gasteiger partial charge >= 0.3 is 26.2 Å². The van der Waals surface area contributed by atoms with Gasteiger partial charge in [0.2, 0.25) is 0 Å². The van der Waals surface area contributed by atoms with Crippen LogP contribution in [0.5, 0.6) is 0 Å². The monoisotopic (exact) mass is 701 g/mol. The zero-order chi connectivity index (χ0) is 27.9. The minimum Gasteiger partial charge on any atom is -1.00 e. The summed E-state index contributed by atoms with van der Waals surface area (Å²) in [6, 6.07) is 43.9. The van der Waals surface area contributed by atoms with Gasteiger partial charge < -0.3 is 24.8 Å². The Morgan fingerprint density at radius 2 is 1.36 bits per heavy atom. The summed E-state index contributed by atoms with van der Waals surface area (Å²) in [4.78, 5) is 0. The standard InChI is InChI=1S/C38H27.C2H6Si.2ClH.Zr/c1-2-24-21-36-32(35-22-25-11-3-5-13-27(25)29-15-7-8-16-31(29)35)18-10-20-33(36)38(24)34-19-9-17-30-28-14-6-4-12-26(28)23-37(30)34;1-3-2;;;/h3-18,20-22,38H,2,23H2,1H3;1-2H3;2*1H;/q-1;;;;+3/p-2. The van der Waals surface area contributed by atoms with Gasteiger partial charge in [-0.15, -0.1) is 16.7 Å². The molecular formula is C40H33Cl2SiZr. The van der Waals surface area contributed by atoms with Crippen molar-refractivity contribution in [1.29, 1.82) is 0 Å². The maximum Gasteiger partial charge on any atom is 3.00 e. The number of halogens is 2. The second kappa shape index (κ2) is 14.6. The fourth-order valence-corrected chi connectivity index (χ4v) is 7.00. The minimum absolute atomic E-state index is 0. The molecule has 1 atom stereocenters. The molecular weight excluding hydrogens is 671 g/mol. The van der Waals surface area contributed by atoms with Crippen molar-refractivity contribution in [1.82, 2.24) is 0 Å². The third-order valence-corrected chi connectivity index (χ3v) is 8.72. The Morgan fingerprint density at radius 1 is 0.705 bits per heavy atom. The van der Waals surface area contributed by atoms with Crippen LogP contribution in [0.1, 0.15) is 47.1 Å². The van der Waals surface area contributed by atoms with Gasteiger partial charge in [-0.2, -0.15) is 18.2 Å². The number of rotatable bonds is 3. The summed E-state index contributed by atoms with van der Waals surface area (Å²) < 4.78 is 0. The van der Waals surface area contributed by atoms with Gasteiger partial charge in [-0.3, -0.25) is 0 Å². The van der Waals surface area contributed by atoms with Crippen molar-refractivity contribution in [2.75, 3.05) is 0 Å². The Labute approximate surface area is 295 Å². The molecule has 0 heterocycles. The van der Waals surface area contributed by atoms with E-state index in [-0.39, 0.29) is 56.9 Å². The van der Waals surface area contributed by atoms with E-state index in [1.54, 1.807) is 0 Å². The van der Waals surface area contributed by atoms with E-state index in [9.17, 15) is 0 Å². The molecule has 6 aromatic rings. The molecule has 0 spiro atoms. The molecule has 2 aliphatic rings. The summed E-state index contributed by atoms with van der Waals surface area (Å²) in [5.41, 5.74) is 13.9. The number of hydrogen-bond acceptors (Lipinski definition) is 0. The molecule has 6 aromatic carbocycles. The van der Waals surface area contributed by atoms with Crippen LogP contribution in [0.2, 0.25) is 13.1 Å². The van der Waals surface area contributed by atoms with E-state index >= 15 is 0 Å². The fourth-order valence-electron chi connectivity index (χ4n) is 7.00. The van der Waals surface area contributed by atoms with Crippen LogP contribution in [0.4, 0.5) is 0 Å². The molecule has 0 saturated heterocycles. The van der Waals surface area contributed by atoms with Gasteiger partial charge in [-0.05, 0) is 73.8 Å². The number of fused-ring (bicyclic) bond motifs is 7. The van der Waals surface area contributed by atoms with Crippen LogP contribution in [-0.4, -0.2) is 9.52 Å². The van der Waals surface area contributed by atoms with E-state index in [4.69, 9.17) is 0 Å². The quantitative estimate of drug-likeness (QED) is 0.142. The fraction of sp³-hybridized carbons (Fsp3) is 0.150. The SMILES string of the molecule is CCC1=Cc2c(-c3cc4ccccc4c4ccccc34)cccc2C1c1[c-]ccc2c1Cc1ccccc1-2.C[Si]C.[Cl-].[Cl-].[Zr+3]. The molecule has 1 unspecified atom stereocenters. The van der Waals surface area contributed by atoms with Crippen molar-refractivity contribution >= 4 is 37.1 Å². The van der Waals surface area contributed by atoms with Gasteiger partial charge in [0.15, 0.2) is 0 Å². The van der Waals surface area contributed by atoms with E-state index in [1.807, 2.05) is 0 Å². The molecule has 3 radical (unpaired) electrons. The van der Waals surface area contributed by atoms with Crippen LogP contribution < -0.4 is 24.8 Å². The molecule has 0 aromatic heterocycles. The van der Waals surface area contributed by atoms with E-state index in [0.717, 1.165) is 22.4 Å². The van der Waals surface area contributed by atoms with E-state index in [1.165, 1.54) is 77.2 Å². The Balaban J connectivity index is 0.000000710. The second-order valence-corrected chi connectivity index (χ2v) is 12.1. The molecule has 0 fully saturated rings. The number of allylic oxidation sites excluding steroid dienone is 1. The van der Waals surface area contributed by atoms with Crippen molar-refractivity contribution in [2.24, 2.45) is 0 Å². The average molecular weight is 704 g/mol. The molecule has 0 saturated carbocycles. The van der Waals surface area contributed by atoms with Gasteiger partial charge in [0, 0.05) is 15.4 Å². The topological polar surface area (TPSA) is 0 Å². The smallest absolute Gasteiger partial charge is 1.00 e. The first-order valence-corrected chi connectivity index (χ1v) is 16.7. The molecule has 2 aliphatic carbocycles. The summed E-state index contributed by atoms with van der Waals surface area (Å²) >= 11 is 0. The third-order valence-electron chi connectivity index (χ3n) is 8.72. The van der Waals surface area contributed by atoms with Gasteiger partial charge in [0.1, 0.15) is 0 Å². The zero-order valence-corrected chi connectivity index (χ0v) is 30.2. The first-order chi connectivity index (χ1) is 20.2. The Hall–Kier alpha value is -2.74. The third kappa shape index (κ3) is 5.72. The predicted molar refractivity (Wildman–Crippen MR) is 178 cm³/mol. The van der Waals surface area contributed by atoms with Gasteiger partial charge in [-0.25, -0.2) is 0 Å². The van der Waals surface area contributed by atoms with E-state index in [2.05, 4.69) is 141 Å². The Morgan fingerprint density at radius 3 is 2.14 bits per heavy atom. The second-order valence-electron chi connectivity index (χ2n) is 11.1. The van der Waals surface area contributed by atoms with Crippen molar-refractivity contribution in [3.05, 3.63) is 149 Å². The first kappa shape index (κ1) is 34.1. The molecule has 0 nitrogen and oxygen atoms in total. The summed E-state index contributed by atoms with van der Waals surface area (Å²) in [6.07, 6.45) is 4.51. The molecule has 8 rings (SSSR count). The molecule has 0 aliphatic heterocycles. The molecule has 4 heteroatoms. The number of hydrogen-bond donors (Lipinski definition) is 0. The summed E-state index contributed by atoms with van der Waals surface area (Å²) in [6.45, 7) is 6.60. The van der Waals surface area contributed by atoms with Crippen LogP contribution in [0, 0.1) is 6.07 Å². The van der Waals surface area contributed by atoms with Crippen molar-refractivity contribution in [3.8, 4) is 22.3 Å². The Bertz CT molecular complexity index is 1980. The zero-order valence-electron chi connectivity index (χ0n) is 25.2. The van der Waals surface area contributed by atoms with Crippen LogP contribution in [-0.2, 0) is 32.6 Å². The Kier molecular flexibility index (Phi) is 11.3. The first-order valence-electron chi connectivity index (χ1n) is 14.7. The normalized spacial score (nSPS) is 13.7. The van der Waals surface area contributed by atoms with Crippen LogP contribution in [0.15, 0.2) is 115 Å². The minimum atomic E-state index is 0. The molecule has 0 amide bonds. The van der Waals surface area contributed by atoms with Crippen molar-refractivity contribution in [2.45, 2.75) is 38.8 Å². The van der Waals surface area contributed by atoms with E-state index in [0.29, 0.717) is 0 Å². The maximum atomic E-state index is 3.72. The molecule has 215 valence electrons. The molecule has 0 N–H and O–H groups in total. The predicted octanol–water partition coefficient (Wildman–Crippen LogP) is 4.76. The summed E-state index contributed by atoms with van der Waals surface area (Å²) in [5, 5.41) is 5.24.